The number of alkyl halides is 3. The van der Waals surface area contributed by atoms with Gasteiger partial charge in [0, 0.05) is 5.56 Å². The minimum atomic E-state index is -4.47. The van der Waals surface area contributed by atoms with E-state index in [1.807, 2.05) is 30.3 Å². The topological polar surface area (TPSA) is 26.3 Å². The summed E-state index contributed by atoms with van der Waals surface area (Å²) >= 11 is 0. The molecule has 0 N–H and O–H groups in total. The second kappa shape index (κ2) is 5.46. The summed E-state index contributed by atoms with van der Waals surface area (Å²) in [6.45, 7) is 0. The predicted octanol–water partition coefficient (Wildman–Crippen LogP) is 5.54. The first kappa shape index (κ1) is 16.1. The molecule has 0 bridgehead atoms. The molecule has 0 spiro atoms. The van der Waals surface area contributed by atoms with E-state index in [0.717, 1.165) is 29.7 Å². The van der Waals surface area contributed by atoms with Gasteiger partial charge < -0.3 is 4.74 Å². The molecule has 0 saturated heterocycles. The fourth-order valence-corrected chi connectivity index (χ4v) is 3.95. The Morgan fingerprint density at radius 3 is 2.41 bits per heavy atom. The van der Waals surface area contributed by atoms with Crippen molar-refractivity contribution in [2.75, 3.05) is 0 Å². The van der Waals surface area contributed by atoms with Gasteiger partial charge in [0.15, 0.2) is 6.10 Å². The lowest BCUT2D eigenvalue weighted by Crippen LogP contribution is -2.07. The third kappa shape index (κ3) is 2.46. The fraction of sp³-hybridized carbons (Fsp3) is 0.136. The second-order valence-corrected chi connectivity index (χ2v) is 6.84. The van der Waals surface area contributed by atoms with Gasteiger partial charge in [-0.15, -0.1) is 0 Å². The Bertz CT molecular complexity index is 1100. The van der Waals surface area contributed by atoms with Crippen molar-refractivity contribution in [2.24, 2.45) is 0 Å². The van der Waals surface area contributed by atoms with Crippen molar-refractivity contribution < 1.29 is 22.7 Å². The van der Waals surface area contributed by atoms with Crippen LogP contribution in [0.3, 0.4) is 0 Å². The number of fused-ring (bicyclic) bond motifs is 4. The molecule has 1 aliphatic carbocycles. The highest BCUT2D eigenvalue weighted by atomic mass is 19.4. The molecule has 1 unspecified atom stereocenters. The molecule has 0 fully saturated rings. The summed E-state index contributed by atoms with van der Waals surface area (Å²) in [6, 6.07) is 16.9. The number of halogens is 3. The average Bonchev–Trinajstić information content (AvgIpc) is 3.18. The number of esters is 1. The summed E-state index contributed by atoms with van der Waals surface area (Å²) in [6.07, 6.45) is -4.52. The lowest BCUT2D eigenvalue weighted by molar-refractivity contribution is -0.137. The Morgan fingerprint density at radius 1 is 0.852 bits per heavy atom. The number of hydrogen-bond acceptors (Lipinski definition) is 2. The van der Waals surface area contributed by atoms with Crippen molar-refractivity contribution in [1.82, 2.24) is 0 Å². The van der Waals surface area contributed by atoms with E-state index in [0.29, 0.717) is 5.56 Å². The molecule has 0 saturated carbocycles. The first-order valence-electron chi connectivity index (χ1n) is 8.55. The van der Waals surface area contributed by atoms with Gasteiger partial charge in [-0.25, -0.2) is 4.79 Å². The molecular weight excluding hydrogens is 353 g/mol. The highest BCUT2D eigenvalue weighted by molar-refractivity contribution is 5.94. The van der Waals surface area contributed by atoms with E-state index in [2.05, 4.69) is 12.1 Å². The minimum Gasteiger partial charge on any atom is -0.449 e. The largest absolute Gasteiger partial charge is 0.449 e. The molecule has 3 aromatic carbocycles. The molecule has 5 heteroatoms. The summed E-state index contributed by atoms with van der Waals surface area (Å²) in [5, 5.41) is 0. The summed E-state index contributed by atoms with van der Waals surface area (Å²) in [7, 11) is 0. The van der Waals surface area contributed by atoms with E-state index in [1.54, 1.807) is 0 Å². The third-order valence-electron chi connectivity index (χ3n) is 5.23. The molecule has 2 nitrogen and oxygen atoms in total. The highest BCUT2D eigenvalue weighted by Crippen LogP contribution is 2.42. The van der Waals surface area contributed by atoms with Gasteiger partial charge in [0.1, 0.15) is 0 Å². The second-order valence-electron chi connectivity index (χ2n) is 6.84. The van der Waals surface area contributed by atoms with Crippen LogP contribution in [0, 0.1) is 0 Å². The Kier molecular flexibility index (Phi) is 3.26. The van der Waals surface area contributed by atoms with Gasteiger partial charge in [-0.1, -0.05) is 42.5 Å². The van der Waals surface area contributed by atoms with Crippen molar-refractivity contribution in [3.05, 3.63) is 94.0 Å². The highest BCUT2D eigenvalue weighted by Gasteiger charge is 2.37. The quantitative estimate of drug-likeness (QED) is 0.414. The van der Waals surface area contributed by atoms with Gasteiger partial charge in [0.05, 0.1) is 11.1 Å². The number of rotatable bonds is 1. The van der Waals surface area contributed by atoms with Crippen LogP contribution in [-0.4, -0.2) is 5.97 Å². The maximum absolute atomic E-state index is 13.1. The van der Waals surface area contributed by atoms with E-state index in [-0.39, 0.29) is 11.1 Å². The molecule has 1 atom stereocenters. The van der Waals surface area contributed by atoms with Crippen molar-refractivity contribution in [3.63, 3.8) is 0 Å². The van der Waals surface area contributed by atoms with E-state index in [4.69, 9.17) is 4.74 Å². The zero-order chi connectivity index (χ0) is 18.8. The van der Waals surface area contributed by atoms with Crippen LogP contribution in [0.1, 0.15) is 44.3 Å². The molecule has 27 heavy (non-hydrogen) atoms. The lowest BCUT2D eigenvalue weighted by Gasteiger charge is -2.14. The summed E-state index contributed by atoms with van der Waals surface area (Å²) in [4.78, 5) is 12.1. The third-order valence-corrected chi connectivity index (χ3v) is 5.23. The Hall–Kier alpha value is -3.08. The van der Waals surface area contributed by atoms with Crippen LogP contribution >= 0.6 is 0 Å². The number of benzene rings is 3. The van der Waals surface area contributed by atoms with Gasteiger partial charge in [-0.3, -0.25) is 0 Å². The number of ether oxygens (including phenoxy) is 1. The standard InChI is InChI=1S/C22H13F3O2/c23-22(24,25)15-6-8-18-19(11-15)20(27-21(18)26)13-5-7-17-14(10-13)9-12-3-1-2-4-16(12)17/h1-8,10-11,20H,9H2. The van der Waals surface area contributed by atoms with E-state index < -0.39 is 23.8 Å². The molecule has 3 aromatic rings. The smallest absolute Gasteiger partial charge is 0.416 e. The summed E-state index contributed by atoms with van der Waals surface area (Å²) < 4.78 is 44.7. The van der Waals surface area contributed by atoms with Crippen LogP contribution < -0.4 is 0 Å². The minimum absolute atomic E-state index is 0.191. The van der Waals surface area contributed by atoms with Crippen LogP contribution in [0.25, 0.3) is 11.1 Å². The van der Waals surface area contributed by atoms with Crippen molar-refractivity contribution in [1.29, 1.82) is 0 Å². The number of cyclic esters (lactones) is 1. The molecule has 5 rings (SSSR count). The van der Waals surface area contributed by atoms with Crippen LogP contribution in [0.5, 0.6) is 0 Å². The monoisotopic (exact) mass is 366 g/mol. The molecule has 0 aromatic heterocycles. The van der Waals surface area contributed by atoms with Gasteiger partial charge in [-0.2, -0.15) is 13.2 Å². The number of hydrogen-bond donors (Lipinski definition) is 0. The van der Waals surface area contributed by atoms with Gasteiger partial charge >= 0.3 is 12.1 Å². The first-order chi connectivity index (χ1) is 12.9. The van der Waals surface area contributed by atoms with Crippen LogP contribution in [0.2, 0.25) is 0 Å². The number of carbonyl (C=O) groups is 1. The molecule has 134 valence electrons. The van der Waals surface area contributed by atoms with E-state index >= 15 is 0 Å². The SMILES string of the molecule is O=C1OC(c2ccc3c(c2)Cc2ccccc2-3)c2cc(C(F)(F)F)ccc21. The molecule has 0 amide bonds. The molecular formula is C22H13F3O2. The lowest BCUT2D eigenvalue weighted by atomic mass is 9.94. The van der Waals surface area contributed by atoms with Crippen molar-refractivity contribution >= 4 is 5.97 Å². The Morgan fingerprint density at radius 2 is 1.59 bits per heavy atom. The normalized spacial score (nSPS) is 17.3. The van der Waals surface area contributed by atoms with Gasteiger partial charge in [-0.05, 0) is 52.4 Å². The van der Waals surface area contributed by atoms with Crippen LogP contribution in [0.4, 0.5) is 13.2 Å². The summed E-state index contributed by atoms with van der Waals surface area (Å²) in [5.41, 5.74) is 4.95. The maximum atomic E-state index is 13.1. The molecule has 0 radical (unpaired) electrons. The van der Waals surface area contributed by atoms with Crippen molar-refractivity contribution in [3.8, 4) is 11.1 Å². The number of carbonyl (C=O) groups excluding carboxylic acids is 1. The zero-order valence-corrected chi connectivity index (χ0v) is 14.0. The van der Waals surface area contributed by atoms with E-state index in [9.17, 15) is 18.0 Å². The molecule has 2 aliphatic rings. The molecule has 1 heterocycles. The van der Waals surface area contributed by atoms with Crippen molar-refractivity contribution in [2.45, 2.75) is 18.7 Å². The van der Waals surface area contributed by atoms with Crippen LogP contribution in [0.15, 0.2) is 60.7 Å². The maximum Gasteiger partial charge on any atom is 0.416 e. The van der Waals surface area contributed by atoms with Gasteiger partial charge in [0.25, 0.3) is 0 Å². The van der Waals surface area contributed by atoms with Gasteiger partial charge in [0.2, 0.25) is 0 Å². The predicted molar refractivity (Wildman–Crippen MR) is 93.4 cm³/mol. The summed E-state index contributed by atoms with van der Waals surface area (Å²) in [5.74, 6) is -0.590. The zero-order valence-electron chi connectivity index (χ0n) is 14.0. The van der Waals surface area contributed by atoms with Crippen LogP contribution in [-0.2, 0) is 17.3 Å². The molecule has 1 aliphatic heterocycles. The first-order valence-corrected chi connectivity index (χ1v) is 8.55. The van der Waals surface area contributed by atoms with E-state index in [1.165, 1.54) is 17.2 Å². The fourth-order valence-electron chi connectivity index (χ4n) is 3.95. The Labute approximate surface area is 153 Å². The Balaban J connectivity index is 1.58. The average molecular weight is 366 g/mol.